The summed E-state index contributed by atoms with van der Waals surface area (Å²) < 4.78 is 1.25. The zero-order chi connectivity index (χ0) is 13.2. The van der Waals surface area contributed by atoms with Crippen LogP contribution in [-0.4, -0.2) is 27.1 Å². The quantitative estimate of drug-likeness (QED) is 0.897. The standard InChI is InChI=1S/C15H18OS3/c1-2-12-15(19-9-8-17-12)13(16)11-5-3-4-10-6-7-18-14(10)11/h3-7,12-13,15-16H,2,8-9H2,1H3. The van der Waals surface area contributed by atoms with Crippen LogP contribution in [-0.2, 0) is 0 Å². The topological polar surface area (TPSA) is 20.2 Å². The summed E-state index contributed by atoms with van der Waals surface area (Å²) in [6.07, 6.45) is 0.796. The number of aliphatic hydroxyl groups excluding tert-OH is 1. The Bertz CT molecular complexity index is 551. The molecular weight excluding hydrogens is 292 g/mol. The molecule has 1 saturated heterocycles. The second-order valence-corrected chi connectivity index (χ2v) is 8.33. The lowest BCUT2D eigenvalue weighted by atomic mass is 10.0. The fourth-order valence-electron chi connectivity index (χ4n) is 2.66. The molecule has 3 rings (SSSR count). The van der Waals surface area contributed by atoms with Crippen molar-refractivity contribution >= 4 is 44.9 Å². The first-order valence-corrected chi connectivity index (χ1v) is 9.66. The average molecular weight is 311 g/mol. The maximum absolute atomic E-state index is 10.8. The molecule has 3 atom stereocenters. The van der Waals surface area contributed by atoms with Crippen LogP contribution in [0, 0.1) is 0 Å². The van der Waals surface area contributed by atoms with E-state index in [4.69, 9.17) is 0 Å². The van der Waals surface area contributed by atoms with Crippen LogP contribution in [0.25, 0.3) is 10.1 Å². The Morgan fingerprint density at radius 1 is 1.26 bits per heavy atom. The van der Waals surface area contributed by atoms with Crippen LogP contribution in [0.15, 0.2) is 29.6 Å². The molecule has 19 heavy (non-hydrogen) atoms. The average Bonchev–Trinajstić information content (AvgIpc) is 2.94. The van der Waals surface area contributed by atoms with Crippen LogP contribution >= 0.6 is 34.9 Å². The van der Waals surface area contributed by atoms with Gasteiger partial charge in [0.05, 0.1) is 6.10 Å². The zero-order valence-corrected chi connectivity index (χ0v) is 13.4. The molecule has 2 aromatic rings. The van der Waals surface area contributed by atoms with Gasteiger partial charge in [0.25, 0.3) is 0 Å². The number of fused-ring (bicyclic) bond motifs is 1. The summed E-state index contributed by atoms with van der Waals surface area (Å²) in [6, 6.07) is 8.42. The van der Waals surface area contributed by atoms with E-state index in [1.165, 1.54) is 15.8 Å². The number of thiophene rings is 1. The molecule has 0 aliphatic carbocycles. The number of rotatable bonds is 3. The molecule has 0 saturated carbocycles. The van der Waals surface area contributed by atoms with Crippen LogP contribution < -0.4 is 0 Å². The first-order chi connectivity index (χ1) is 9.31. The van der Waals surface area contributed by atoms with Crippen molar-refractivity contribution in [3.8, 4) is 0 Å². The van der Waals surface area contributed by atoms with E-state index in [0.29, 0.717) is 10.5 Å². The smallest absolute Gasteiger partial charge is 0.0933 e. The second kappa shape index (κ2) is 6.08. The van der Waals surface area contributed by atoms with E-state index in [1.54, 1.807) is 11.3 Å². The highest BCUT2D eigenvalue weighted by atomic mass is 32.2. The Balaban J connectivity index is 1.94. The Kier molecular flexibility index (Phi) is 4.42. The van der Waals surface area contributed by atoms with E-state index >= 15 is 0 Å². The van der Waals surface area contributed by atoms with Gasteiger partial charge in [0.2, 0.25) is 0 Å². The number of thioether (sulfide) groups is 2. The minimum absolute atomic E-state index is 0.330. The van der Waals surface area contributed by atoms with Gasteiger partial charge in [-0.2, -0.15) is 23.5 Å². The second-order valence-electron chi connectivity index (χ2n) is 4.78. The van der Waals surface area contributed by atoms with E-state index in [9.17, 15) is 5.11 Å². The Morgan fingerprint density at radius 3 is 2.95 bits per heavy atom. The summed E-state index contributed by atoms with van der Waals surface area (Å²) in [6.45, 7) is 2.23. The summed E-state index contributed by atoms with van der Waals surface area (Å²) >= 11 is 5.71. The molecule has 1 N–H and O–H groups in total. The molecule has 3 unspecified atom stereocenters. The number of benzene rings is 1. The summed E-state index contributed by atoms with van der Waals surface area (Å²) in [4.78, 5) is 0. The van der Waals surface area contributed by atoms with Gasteiger partial charge in [-0.15, -0.1) is 11.3 Å². The Labute approximate surface area is 126 Å². The summed E-state index contributed by atoms with van der Waals surface area (Å²) in [5, 5.41) is 15.1. The van der Waals surface area contributed by atoms with E-state index in [0.717, 1.165) is 17.7 Å². The van der Waals surface area contributed by atoms with Crippen molar-refractivity contribution in [2.75, 3.05) is 11.5 Å². The predicted molar refractivity (Wildman–Crippen MR) is 89.6 cm³/mol. The molecule has 0 spiro atoms. The molecule has 2 heterocycles. The zero-order valence-electron chi connectivity index (χ0n) is 10.9. The van der Waals surface area contributed by atoms with Gasteiger partial charge in [0.15, 0.2) is 0 Å². The lowest BCUT2D eigenvalue weighted by Gasteiger charge is -2.33. The van der Waals surface area contributed by atoms with Crippen molar-refractivity contribution in [3.05, 3.63) is 35.2 Å². The number of hydrogen-bond acceptors (Lipinski definition) is 4. The van der Waals surface area contributed by atoms with Gasteiger partial charge in [0, 0.05) is 26.7 Å². The molecule has 1 aliphatic rings. The van der Waals surface area contributed by atoms with Crippen molar-refractivity contribution in [2.45, 2.75) is 29.9 Å². The van der Waals surface area contributed by atoms with Gasteiger partial charge in [0.1, 0.15) is 0 Å². The van der Waals surface area contributed by atoms with Crippen LogP contribution in [0.2, 0.25) is 0 Å². The summed E-state index contributed by atoms with van der Waals surface area (Å²) in [7, 11) is 0. The van der Waals surface area contributed by atoms with Gasteiger partial charge >= 0.3 is 0 Å². The normalized spacial score (nSPS) is 25.6. The lowest BCUT2D eigenvalue weighted by molar-refractivity contribution is 0.174. The Morgan fingerprint density at radius 2 is 2.11 bits per heavy atom. The fourth-order valence-corrected chi connectivity index (χ4v) is 6.73. The van der Waals surface area contributed by atoms with Crippen LogP contribution in [0.4, 0.5) is 0 Å². The third-order valence-corrected chi connectivity index (χ3v) is 7.95. The fraction of sp³-hybridized carbons (Fsp3) is 0.467. The first-order valence-electron chi connectivity index (χ1n) is 6.68. The lowest BCUT2D eigenvalue weighted by Crippen LogP contribution is -2.31. The maximum atomic E-state index is 10.8. The number of aliphatic hydroxyl groups is 1. The van der Waals surface area contributed by atoms with Gasteiger partial charge < -0.3 is 5.11 Å². The van der Waals surface area contributed by atoms with E-state index in [-0.39, 0.29) is 6.10 Å². The van der Waals surface area contributed by atoms with Crippen molar-refractivity contribution in [3.63, 3.8) is 0 Å². The van der Waals surface area contributed by atoms with Gasteiger partial charge in [-0.25, -0.2) is 0 Å². The van der Waals surface area contributed by atoms with Crippen LogP contribution in [0.1, 0.15) is 25.0 Å². The predicted octanol–water partition coefficient (Wildman–Crippen LogP) is 4.56. The molecule has 1 aromatic heterocycles. The van der Waals surface area contributed by atoms with E-state index < -0.39 is 0 Å². The number of hydrogen-bond donors (Lipinski definition) is 1. The summed E-state index contributed by atoms with van der Waals surface area (Å²) in [5.74, 6) is 2.37. The monoisotopic (exact) mass is 310 g/mol. The molecule has 1 fully saturated rings. The molecule has 4 heteroatoms. The minimum atomic E-state index is -0.343. The van der Waals surface area contributed by atoms with E-state index in [1.807, 2.05) is 23.5 Å². The van der Waals surface area contributed by atoms with Crippen molar-refractivity contribution in [1.82, 2.24) is 0 Å². The highest BCUT2D eigenvalue weighted by Gasteiger charge is 2.32. The van der Waals surface area contributed by atoms with Gasteiger partial charge in [-0.05, 0) is 28.8 Å². The highest BCUT2D eigenvalue weighted by Crippen LogP contribution is 2.42. The molecule has 1 aromatic carbocycles. The summed E-state index contributed by atoms with van der Waals surface area (Å²) in [5.41, 5.74) is 1.12. The minimum Gasteiger partial charge on any atom is -0.387 e. The van der Waals surface area contributed by atoms with Crippen molar-refractivity contribution < 1.29 is 5.11 Å². The molecule has 1 aliphatic heterocycles. The molecular formula is C15H18OS3. The highest BCUT2D eigenvalue weighted by molar-refractivity contribution is 8.07. The van der Waals surface area contributed by atoms with Crippen LogP contribution in [0.3, 0.4) is 0 Å². The van der Waals surface area contributed by atoms with Crippen LogP contribution in [0.5, 0.6) is 0 Å². The molecule has 0 amide bonds. The largest absolute Gasteiger partial charge is 0.387 e. The van der Waals surface area contributed by atoms with Crippen molar-refractivity contribution in [2.24, 2.45) is 0 Å². The first kappa shape index (κ1) is 13.8. The molecule has 1 nitrogen and oxygen atoms in total. The van der Waals surface area contributed by atoms with Crippen molar-refractivity contribution in [1.29, 1.82) is 0 Å². The molecule has 102 valence electrons. The molecule has 0 bridgehead atoms. The Hall–Kier alpha value is -0.160. The SMILES string of the molecule is CCC1SCCSC1C(O)c1cccc2ccsc12. The van der Waals surface area contributed by atoms with Gasteiger partial charge in [-0.1, -0.05) is 25.1 Å². The third-order valence-electron chi connectivity index (χ3n) is 3.63. The molecule has 0 radical (unpaired) electrons. The maximum Gasteiger partial charge on any atom is 0.0933 e. The van der Waals surface area contributed by atoms with Gasteiger partial charge in [-0.3, -0.25) is 0 Å². The van der Waals surface area contributed by atoms with E-state index in [2.05, 4.69) is 36.6 Å². The third kappa shape index (κ3) is 2.68.